The molecule has 0 saturated carbocycles. The van der Waals surface area contributed by atoms with Crippen molar-refractivity contribution in [3.05, 3.63) is 30.1 Å². The lowest BCUT2D eigenvalue weighted by Crippen LogP contribution is -2.14. The van der Waals surface area contributed by atoms with Crippen LogP contribution in [-0.2, 0) is 18.3 Å². The summed E-state index contributed by atoms with van der Waals surface area (Å²) in [6.07, 6.45) is 0.820. The highest BCUT2D eigenvalue weighted by atomic mass is 32.2. The van der Waals surface area contributed by atoms with Crippen molar-refractivity contribution in [1.82, 2.24) is 14.8 Å². The van der Waals surface area contributed by atoms with Crippen molar-refractivity contribution in [2.75, 3.05) is 18.2 Å². The van der Waals surface area contributed by atoms with Gasteiger partial charge in [-0.3, -0.25) is 4.79 Å². The van der Waals surface area contributed by atoms with Gasteiger partial charge in [0.1, 0.15) is 11.6 Å². The van der Waals surface area contributed by atoms with Gasteiger partial charge < -0.3 is 14.6 Å². The van der Waals surface area contributed by atoms with E-state index in [0.29, 0.717) is 11.4 Å². The first-order valence-electron chi connectivity index (χ1n) is 6.59. The number of methoxy groups -OCH3 is 1. The minimum Gasteiger partial charge on any atom is -0.497 e. The number of aryl methyl sites for hydroxylation is 1. The lowest BCUT2D eigenvalue weighted by Gasteiger charge is -2.06. The van der Waals surface area contributed by atoms with Gasteiger partial charge in [0.2, 0.25) is 5.91 Å². The van der Waals surface area contributed by atoms with E-state index < -0.39 is 0 Å². The second kappa shape index (κ2) is 7.12. The molecule has 0 saturated heterocycles. The van der Waals surface area contributed by atoms with E-state index in [1.165, 1.54) is 11.8 Å². The molecule has 0 radical (unpaired) electrons. The lowest BCUT2D eigenvalue weighted by molar-refractivity contribution is -0.113. The van der Waals surface area contributed by atoms with Crippen LogP contribution >= 0.6 is 11.8 Å². The predicted molar refractivity (Wildman–Crippen MR) is 82.7 cm³/mol. The highest BCUT2D eigenvalue weighted by Gasteiger charge is 2.10. The van der Waals surface area contributed by atoms with E-state index in [1.54, 1.807) is 13.2 Å². The van der Waals surface area contributed by atoms with Gasteiger partial charge in [-0.25, -0.2) is 0 Å². The summed E-state index contributed by atoms with van der Waals surface area (Å²) >= 11 is 1.37. The van der Waals surface area contributed by atoms with Gasteiger partial charge in [0.25, 0.3) is 0 Å². The molecular weight excluding hydrogens is 288 g/mol. The Morgan fingerprint density at radius 1 is 1.43 bits per heavy atom. The number of hydrogen-bond acceptors (Lipinski definition) is 5. The number of ether oxygens (including phenoxy) is 1. The van der Waals surface area contributed by atoms with E-state index in [1.807, 2.05) is 36.7 Å². The van der Waals surface area contributed by atoms with Crippen molar-refractivity contribution in [2.24, 2.45) is 7.05 Å². The minimum atomic E-state index is -0.0886. The summed E-state index contributed by atoms with van der Waals surface area (Å²) in [6.45, 7) is 2.02. The van der Waals surface area contributed by atoms with Crippen LogP contribution < -0.4 is 10.1 Å². The quantitative estimate of drug-likeness (QED) is 0.828. The average Bonchev–Trinajstić information content (AvgIpc) is 2.85. The first-order valence-corrected chi connectivity index (χ1v) is 7.57. The Morgan fingerprint density at radius 3 is 2.90 bits per heavy atom. The molecular formula is C14H18N4O2S. The molecule has 1 heterocycles. The van der Waals surface area contributed by atoms with Crippen molar-refractivity contribution >= 4 is 23.4 Å². The molecule has 1 amide bonds. The Balaban J connectivity index is 1.91. The molecule has 1 aromatic heterocycles. The normalized spacial score (nSPS) is 10.4. The predicted octanol–water partition coefficient (Wildman–Crippen LogP) is 2.12. The van der Waals surface area contributed by atoms with Gasteiger partial charge in [-0.15, -0.1) is 10.2 Å². The van der Waals surface area contributed by atoms with Crippen LogP contribution in [0.2, 0.25) is 0 Å². The van der Waals surface area contributed by atoms with Gasteiger partial charge >= 0.3 is 0 Å². The number of benzene rings is 1. The third-order valence-electron chi connectivity index (χ3n) is 2.93. The van der Waals surface area contributed by atoms with E-state index in [9.17, 15) is 4.79 Å². The molecule has 0 aliphatic rings. The van der Waals surface area contributed by atoms with Gasteiger partial charge in [-0.1, -0.05) is 24.8 Å². The van der Waals surface area contributed by atoms with Crippen molar-refractivity contribution in [3.8, 4) is 5.75 Å². The van der Waals surface area contributed by atoms with Crippen molar-refractivity contribution in [1.29, 1.82) is 0 Å². The summed E-state index contributed by atoms with van der Waals surface area (Å²) in [5.74, 6) is 1.81. The molecule has 0 spiro atoms. The maximum Gasteiger partial charge on any atom is 0.234 e. The SMILES string of the molecule is CCc1nnc(SCC(=O)Nc2cccc(OC)c2)n1C. The summed E-state index contributed by atoms with van der Waals surface area (Å²) in [4.78, 5) is 11.9. The molecule has 2 rings (SSSR count). The first-order chi connectivity index (χ1) is 10.1. The van der Waals surface area contributed by atoms with Crippen molar-refractivity contribution < 1.29 is 9.53 Å². The Hall–Kier alpha value is -2.02. The summed E-state index contributed by atoms with van der Waals surface area (Å²) in [7, 11) is 3.50. The average molecular weight is 306 g/mol. The van der Waals surface area contributed by atoms with E-state index in [2.05, 4.69) is 15.5 Å². The first kappa shape index (κ1) is 15.4. The molecule has 112 valence electrons. The summed E-state index contributed by atoms with van der Waals surface area (Å²) in [5.41, 5.74) is 0.715. The zero-order valence-electron chi connectivity index (χ0n) is 12.3. The molecule has 6 nitrogen and oxygen atoms in total. The van der Waals surface area contributed by atoms with Crippen LogP contribution in [0.1, 0.15) is 12.7 Å². The molecule has 0 atom stereocenters. The molecule has 21 heavy (non-hydrogen) atoms. The Labute approximate surface area is 127 Å². The van der Waals surface area contributed by atoms with E-state index in [0.717, 1.165) is 17.4 Å². The standard InChI is InChI=1S/C14H18N4O2S/c1-4-12-16-17-14(18(12)2)21-9-13(19)15-10-6-5-7-11(8-10)20-3/h5-8H,4,9H2,1-3H3,(H,15,19). The van der Waals surface area contributed by atoms with E-state index in [4.69, 9.17) is 4.74 Å². The number of hydrogen-bond donors (Lipinski definition) is 1. The number of rotatable bonds is 6. The van der Waals surface area contributed by atoms with E-state index >= 15 is 0 Å². The Kier molecular flexibility index (Phi) is 5.21. The van der Waals surface area contributed by atoms with E-state index in [-0.39, 0.29) is 11.7 Å². The molecule has 2 aromatic rings. The number of nitrogens with one attached hydrogen (secondary N) is 1. The van der Waals surface area contributed by atoms with Gasteiger partial charge in [0.05, 0.1) is 12.9 Å². The molecule has 0 aliphatic carbocycles. The topological polar surface area (TPSA) is 69.0 Å². The fourth-order valence-electron chi connectivity index (χ4n) is 1.81. The Bertz CT molecular complexity index is 627. The highest BCUT2D eigenvalue weighted by Crippen LogP contribution is 2.19. The third kappa shape index (κ3) is 3.98. The maximum atomic E-state index is 11.9. The fourth-order valence-corrected chi connectivity index (χ4v) is 2.54. The van der Waals surface area contributed by atoms with Gasteiger partial charge in [0.15, 0.2) is 5.16 Å². The number of amides is 1. The largest absolute Gasteiger partial charge is 0.497 e. The van der Waals surface area contributed by atoms with Gasteiger partial charge in [-0.2, -0.15) is 0 Å². The number of anilines is 1. The van der Waals surface area contributed by atoms with Gasteiger partial charge in [-0.05, 0) is 12.1 Å². The highest BCUT2D eigenvalue weighted by molar-refractivity contribution is 7.99. The second-order valence-electron chi connectivity index (χ2n) is 4.38. The zero-order valence-corrected chi connectivity index (χ0v) is 13.1. The van der Waals surface area contributed by atoms with Crippen molar-refractivity contribution in [3.63, 3.8) is 0 Å². The third-order valence-corrected chi connectivity index (χ3v) is 3.95. The monoisotopic (exact) mass is 306 g/mol. The molecule has 1 aromatic carbocycles. The molecule has 0 bridgehead atoms. The number of thioether (sulfide) groups is 1. The summed E-state index contributed by atoms with van der Waals surface area (Å²) < 4.78 is 7.02. The minimum absolute atomic E-state index is 0.0886. The molecule has 1 N–H and O–H groups in total. The lowest BCUT2D eigenvalue weighted by atomic mass is 10.3. The Morgan fingerprint density at radius 2 is 2.24 bits per heavy atom. The van der Waals surface area contributed by atoms with Crippen molar-refractivity contribution in [2.45, 2.75) is 18.5 Å². The maximum absolute atomic E-state index is 11.9. The van der Waals surface area contributed by atoms with Crippen LogP contribution in [0.15, 0.2) is 29.4 Å². The number of aromatic nitrogens is 3. The van der Waals surface area contributed by atoms with Crippen LogP contribution in [-0.4, -0.2) is 33.5 Å². The van der Waals surface area contributed by atoms with Gasteiger partial charge in [0, 0.05) is 25.2 Å². The molecule has 0 unspecified atom stereocenters. The fraction of sp³-hybridized carbons (Fsp3) is 0.357. The zero-order chi connectivity index (χ0) is 15.2. The number of carbonyl (C=O) groups is 1. The van der Waals surface area contributed by atoms with Crippen LogP contribution in [0.3, 0.4) is 0 Å². The molecule has 7 heteroatoms. The second-order valence-corrected chi connectivity index (χ2v) is 5.32. The molecule has 0 fully saturated rings. The molecule has 0 aliphatic heterocycles. The van der Waals surface area contributed by atoms with Crippen LogP contribution in [0, 0.1) is 0 Å². The smallest absolute Gasteiger partial charge is 0.234 e. The van der Waals surface area contributed by atoms with Crippen LogP contribution in [0.5, 0.6) is 5.75 Å². The van der Waals surface area contributed by atoms with Crippen LogP contribution in [0.4, 0.5) is 5.69 Å². The van der Waals surface area contributed by atoms with Crippen LogP contribution in [0.25, 0.3) is 0 Å². The number of carbonyl (C=O) groups excluding carboxylic acids is 1. The summed E-state index contributed by atoms with van der Waals surface area (Å²) in [6, 6.07) is 7.26. The number of nitrogens with zero attached hydrogens (tertiary/aromatic N) is 3. The summed E-state index contributed by atoms with van der Waals surface area (Å²) in [5, 5.41) is 11.7.